The quantitative estimate of drug-likeness (QED) is 0.560. The Morgan fingerprint density at radius 3 is 2.80 bits per heavy atom. The number of pyridine rings is 2. The van der Waals surface area contributed by atoms with Crippen molar-refractivity contribution in [3.63, 3.8) is 0 Å². The van der Waals surface area contributed by atoms with Crippen LogP contribution in [0.5, 0.6) is 11.6 Å². The van der Waals surface area contributed by atoms with Crippen molar-refractivity contribution in [3.8, 4) is 17.6 Å². The lowest BCUT2D eigenvalue weighted by molar-refractivity contribution is 0.294. The van der Waals surface area contributed by atoms with Gasteiger partial charge in [0.2, 0.25) is 5.88 Å². The van der Waals surface area contributed by atoms with Crippen LogP contribution in [0.3, 0.4) is 0 Å². The third kappa shape index (κ3) is 4.29. The molecule has 0 spiro atoms. The van der Waals surface area contributed by atoms with Crippen LogP contribution in [0.4, 0.5) is 5.69 Å². The van der Waals surface area contributed by atoms with Crippen LogP contribution >= 0.6 is 11.6 Å². The van der Waals surface area contributed by atoms with E-state index >= 15 is 0 Å². The van der Waals surface area contributed by atoms with Crippen LogP contribution < -0.4 is 14.4 Å². The third-order valence-electron chi connectivity index (χ3n) is 5.56. The lowest BCUT2D eigenvalue weighted by Crippen LogP contribution is -2.40. The summed E-state index contributed by atoms with van der Waals surface area (Å²) in [7, 11) is 1.64. The van der Waals surface area contributed by atoms with Gasteiger partial charge in [-0.15, -0.1) is 0 Å². The number of ether oxygens (including phenoxy) is 2. The predicted octanol–water partition coefficient (Wildman–Crippen LogP) is 4.64. The van der Waals surface area contributed by atoms with Gasteiger partial charge in [-0.1, -0.05) is 30.7 Å². The smallest absolute Gasteiger partial charge is 0.274 e. The van der Waals surface area contributed by atoms with Crippen LogP contribution in [0.1, 0.15) is 12.5 Å². The number of hydrogen-bond acceptors (Lipinski definition) is 6. The summed E-state index contributed by atoms with van der Waals surface area (Å²) in [5, 5.41) is 10.6. The van der Waals surface area contributed by atoms with Gasteiger partial charge in [-0.05, 0) is 35.9 Å². The molecule has 1 saturated heterocycles. The van der Waals surface area contributed by atoms with Crippen LogP contribution in [0.2, 0.25) is 17.2 Å². The molecular formula is C22H22BClN4O2. The van der Waals surface area contributed by atoms with Crippen molar-refractivity contribution in [2.45, 2.75) is 25.7 Å². The summed E-state index contributed by atoms with van der Waals surface area (Å²) in [4.78, 5) is 11.3. The molecule has 4 rings (SSSR count). The van der Waals surface area contributed by atoms with Crippen molar-refractivity contribution >= 4 is 35.0 Å². The van der Waals surface area contributed by atoms with E-state index in [4.69, 9.17) is 21.1 Å². The lowest BCUT2D eigenvalue weighted by Gasteiger charge is -2.34. The average Bonchev–Trinajstić information content (AvgIpc) is 2.78. The summed E-state index contributed by atoms with van der Waals surface area (Å²) in [5.74, 6) is 3.97. The van der Waals surface area contributed by atoms with E-state index in [9.17, 15) is 5.26 Å². The summed E-state index contributed by atoms with van der Waals surface area (Å²) in [6.07, 6.45) is 2.68. The van der Waals surface area contributed by atoms with Crippen molar-refractivity contribution in [1.82, 2.24) is 9.97 Å². The van der Waals surface area contributed by atoms with Crippen LogP contribution in [-0.4, -0.2) is 36.9 Å². The number of aromatic nitrogens is 2. The summed E-state index contributed by atoms with van der Waals surface area (Å²) in [5.41, 5.74) is 2.56. The highest BCUT2D eigenvalue weighted by Gasteiger charge is 2.30. The molecule has 1 aliphatic rings. The van der Waals surface area contributed by atoms with Gasteiger partial charge in [0.05, 0.1) is 24.0 Å². The second-order valence-corrected chi connectivity index (χ2v) is 8.00. The number of anilines is 1. The van der Waals surface area contributed by atoms with Crippen molar-refractivity contribution in [2.24, 2.45) is 0 Å². The Balaban J connectivity index is 1.50. The van der Waals surface area contributed by atoms with Crippen molar-refractivity contribution in [3.05, 3.63) is 53.2 Å². The summed E-state index contributed by atoms with van der Waals surface area (Å²) >= 11 is 6.53. The molecule has 1 aliphatic heterocycles. The zero-order valence-corrected chi connectivity index (χ0v) is 17.8. The van der Waals surface area contributed by atoms with E-state index in [2.05, 4.69) is 27.8 Å². The minimum Gasteiger partial charge on any atom is -0.497 e. The SMILES string of the molecule is COc1ccc(COc2cc(Cl)c3cc(N4CCB(C#N)C(C)C4)cnc3n2)cc1. The second kappa shape index (κ2) is 8.80. The number of nitriles is 1. The number of methoxy groups -OCH3 is 1. The Labute approximate surface area is 181 Å². The van der Waals surface area contributed by atoms with Crippen LogP contribution in [0, 0.1) is 11.2 Å². The molecule has 0 aliphatic carbocycles. The Morgan fingerprint density at radius 2 is 2.10 bits per heavy atom. The molecule has 8 heteroatoms. The van der Waals surface area contributed by atoms with E-state index in [0.717, 1.165) is 41.8 Å². The maximum atomic E-state index is 9.24. The topological polar surface area (TPSA) is 71.3 Å². The highest BCUT2D eigenvalue weighted by atomic mass is 35.5. The Morgan fingerprint density at radius 1 is 1.30 bits per heavy atom. The minimum atomic E-state index is 0.116. The third-order valence-corrected chi connectivity index (χ3v) is 5.87. The highest BCUT2D eigenvalue weighted by Crippen LogP contribution is 2.31. The van der Waals surface area contributed by atoms with Gasteiger partial charge in [0, 0.05) is 30.5 Å². The molecule has 0 N–H and O–H groups in total. The Bertz CT molecular complexity index is 1090. The molecule has 1 aromatic carbocycles. The monoisotopic (exact) mass is 420 g/mol. The first kappa shape index (κ1) is 20.3. The second-order valence-electron chi connectivity index (χ2n) is 7.59. The zero-order chi connectivity index (χ0) is 21.1. The number of hydrogen-bond donors (Lipinski definition) is 0. The molecule has 2 aromatic heterocycles. The summed E-state index contributed by atoms with van der Waals surface area (Å²) in [6.45, 7) is 4.28. The maximum absolute atomic E-state index is 9.24. The largest absolute Gasteiger partial charge is 0.497 e. The van der Waals surface area contributed by atoms with Gasteiger partial charge in [0.25, 0.3) is 6.71 Å². The molecule has 6 nitrogen and oxygen atoms in total. The Kier molecular flexibility index (Phi) is 5.96. The number of nitrogens with zero attached hydrogens (tertiary/aromatic N) is 4. The number of fused-ring (bicyclic) bond motifs is 1. The number of halogens is 1. The fourth-order valence-electron chi connectivity index (χ4n) is 3.73. The summed E-state index contributed by atoms with van der Waals surface area (Å²) in [6, 6.07) is 11.4. The van der Waals surface area contributed by atoms with E-state index in [-0.39, 0.29) is 6.71 Å². The van der Waals surface area contributed by atoms with Gasteiger partial charge in [0.15, 0.2) is 5.65 Å². The molecule has 0 amide bonds. The van der Waals surface area contributed by atoms with E-state index in [0.29, 0.717) is 29.0 Å². The molecule has 0 bridgehead atoms. The molecule has 0 saturated carbocycles. The minimum absolute atomic E-state index is 0.116. The van der Waals surface area contributed by atoms with Gasteiger partial charge in [0.1, 0.15) is 12.4 Å². The first-order valence-corrected chi connectivity index (χ1v) is 10.3. The molecule has 0 radical (unpaired) electrons. The van der Waals surface area contributed by atoms with Crippen molar-refractivity contribution < 1.29 is 9.47 Å². The predicted molar refractivity (Wildman–Crippen MR) is 120 cm³/mol. The van der Waals surface area contributed by atoms with E-state index in [1.165, 1.54) is 0 Å². The van der Waals surface area contributed by atoms with Crippen molar-refractivity contribution in [2.75, 3.05) is 25.1 Å². The molecular weight excluding hydrogens is 399 g/mol. The van der Waals surface area contributed by atoms with Gasteiger partial charge in [-0.2, -0.15) is 4.98 Å². The maximum Gasteiger partial charge on any atom is 0.274 e. The number of rotatable bonds is 5. The number of benzene rings is 1. The average molecular weight is 421 g/mol. The fourth-order valence-corrected chi connectivity index (χ4v) is 3.96. The molecule has 30 heavy (non-hydrogen) atoms. The Hall–Kier alpha value is -2.98. The molecule has 3 aromatic rings. The molecule has 1 fully saturated rings. The van der Waals surface area contributed by atoms with Crippen LogP contribution in [0.15, 0.2) is 42.6 Å². The summed E-state index contributed by atoms with van der Waals surface area (Å²) < 4.78 is 11.0. The highest BCUT2D eigenvalue weighted by molar-refractivity contribution is 6.68. The van der Waals surface area contributed by atoms with Crippen molar-refractivity contribution in [1.29, 1.82) is 5.26 Å². The van der Waals surface area contributed by atoms with E-state index in [1.807, 2.05) is 36.5 Å². The van der Waals surface area contributed by atoms with Gasteiger partial charge in [-0.3, -0.25) is 0 Å². The van der Waals surface area contributed by atoms with Gasteiger partial charge in [-0.25, -0.2) is 10.2 Å². The van der Waals surface area contributed by atoms with Crippen LogP contribution in [0.25, 0.3) is 11.0 Å². The molecule has 152 valence electrons. The fraction of sp³-hybridized carbons (Fsp3) is 0.318. The van der Waals surface area contributed by atoms with E-state index < -0.39 is 0 Å². The van der Waals surface area contributed by atoms with Crippen LogP contribution in [-0.2, 0) is 6.61 Å². The molecule has 1 unspecified atom stereocenters. The zero-order valence-electron chi connectivity index (χ0n) is 17.0. The van der Waals surface area contributed by atoms with Gasteiger partial charge >= 0.3 is 0 Å². The molecule has 1 atom stereocenters. The van der Waals surface area contributed by atoms with Gasteiger partial charge < -0.3 is 14.4 Å². The lowest BCUT2D eigenvalue weighted by atomic mass is 9.39. The normalized spacial score (nSPS) is 16.4. The molecule has 3 heterocycles. The first-order valence-electron chi connectivity index (χ1n) is 9.94. The van der Waals surface area contributed by atoms with E-state index in [1.54, 1.807) is 13.2 Å². The standard InChI is InChI=1S/C22H22BClN4O2/c1-15-12-28(8-7-23(15)14-25)17-9-19-20(24)10-21(27-22(19)26-11-17)30-13-16-3-5-18(29-2)6-4-16/h3-6,9-11,15H,7-8,12-13H2,1-2H3. The first-order chi connectivity index (χ1) is 14.6.